The number of ketones is 1. The minimum Gasteiger partial charge on any atom is -0.481 e. The van der Waals surface area contributed by atoms with Gasteiger partial charge in [0.05, 0.1) is 11.4 Å². The van der Waals surface area contributed by atoms with Gasteiger partial charge in [0.25, 0.3) is 0 Å². The van der Waals surface area contributed by atoms with Crippen LogP contribution in [0.5, 0.6) is 0 Å². The molecule has 0 saturated carbocycles. The second-order valence-electron chi connectivity index (χ2n) is 3.51. The fourth-order valence-electron chi connectivity index (χ4n) is 1.26. The monoisotopic (exact) mass is 291 g/mol. The fourth-order valence-corrected chi connectivity index (χ4v) is 2.33. The summed E-state index contributed by atoms with van der Waals surface area (Å²) in [6, 6.07) is 3.60. The van der Waals surface area contributed by atoms with E-state index in [-0.39, 0.29) is 28.3 Å². The van der Waals surface area contributed by atoms with Crippen LogP contribution in [0.25, 0.3) is 0 Å². The molecule has 0 saturated heterocycles. The molecule has 0 aliphatic heterocycles. The van der Waals surface area contributed by atoms with E-state index in [1.54, 1.807) is 0 Å². The van der Waals surface area contributed by atoms with Gasteiger partial charge in [0.15, 0.2) is 5.78 Å². The predicted octanol–water partition coefficient (Wildman–Crippen LogP) is 1.03. The van der Waals surface area contributed by atoms with Crippen molar-refractivity contribution in [3.8, 4) is 0 Å². The molecule has 6 nitrogen and oxygen atoms in total. The average Bonchev–Trinajstić information content (AvgIpc) is 2.24. The van der Waals surface area contributed by atoms with E-state index in [0.717, 1.165) is 6.07 Å². The van der Waals surface area contributed by atoms with Gasteiger partial charge in [-0.3, -0.25) is 9.59 Å². The highest BCUT2D eigenvalue weighted by atomic mass is 35.5. The zero-order chi connectivity index (χ0) is 13.9. The lowest BCUT2D eigenvalue weighted by atomic mass is 10.1. The Morgan fingerprint density at radius 1 is 1.28 bits per heavy atom. The lowest BCUT2D eigenvalue weighted by Gasteiger charge is -2.04. The van der Waals surface area contributed by atoms with Crippen molar-refractivity contribution in [2.75, 3.05) is 0 Å². The summed E-state index contributed by atoms with van der Waals surface area (Å²) in [6.07, 6.45) is -0.548. The smallest absolute Gasteiger partial charge is 0.303 e. The van der Waals surface area contributed by atoms with Crippen LogP contribution in [0.2, 0.25) is 5.02 Å². The average molecular weight is 292 g/mol. The molecule has 0 unspecified atom stereocenters. The van der Waals surface area contributed by atoms with Gasteiger partial charge in [0, 0.05) is 12.0 Å². The van der Waals surface area contributed by atoms with Crippen molar-refractivity contribution in [3.05, 3.63) is 28.8 Å². The minimum atomic E-state index is -4.02. The summed E-state index contributed by atoms with van der Waals surface area (Å²) in [5.41, 5.74) is 0.0599. The van der Waals surface area contributed by atoms with Crippen molar-refractivity contribution in [2.45, 2.75) is 17.7 Å². The SMILES string of the molecule is NS(=O)(=O)c1cc(C(=O)CCC(=O)O)ccc1Cl. The Morgan fingerprint density at radius 3 is 2.39 bits per heavy atom. The molecule has 1 aromatic rings. The second-order valence-corrected chi connectivity index (χ2v) is 5.44. The summed E-state index contributed by atoms with van der Waals surface area (Å²) in [7, 11) is -4.02. The number of carbonyl (C=O) groups is 2. The van der Waals surface area contributed by atoms with Crippen LogP contribution >= 0.6 is 11.6 Å². The number of sulfonamides is 1. The van der Waals surface area contributed by atoms with Crippen LogP contribution in [0.3, 0.4) is 0 Å². The van der Waals surface area contributed by atoms with Crippen LogP contribution in [0.15, 0.2) is 23.1 Å². The standard InChI is InChI=1S/C10H10ClNO5S/c11-7-2-1-6(5-9(7)18(12,16)17)8(13)3-4-10(14)15/h1-2,5H,3-4H2,(H,14,15)(H2,12,16,17). The molecule has 0 atom stereocenters. The first-order chi connectivity index (χ1) is 8.21. The number of Topliss-reactive ketones (excluding diaryl/α,β-unsaturated/α-hetero) is 1. The molecular weight excluding hydrogens is 282 g/mol. The molecule has 0 fully saturated rings. The summed E-state index contributed by atoms with van der Waals surface area (Å²) in [4.78, 5) is 21.6. The van der Waals surface area contributed by atoms with Crippen molar-refractivity contribution >= 4 is 33.4 Å². The molecule has 0 amide bonds. The number of hydrogen-bond acceptors (Lipinski definition) is 4. The van der Waals surface area contributed by atoms with Crippen LogP contribution in [0.4, 0.5) is 0 Å². The number of halogens is 1. The van der Waals surface area contributed by atoms with E-state index in [1.807, 2.05) is 0 Å². The maximum atomic E-state index is 11.6. The number of carbonyl (C=O) groups excluding carboxylic acids is 1. The number of rotatable bonds is 5. The Labute approximate surface area is 108 Å². The molecule has 0 radical (unpaired) electrons. The second kappa shape index (κ2) is 5.47. The van der Waals surface area contributed by atoms with E-state index in [2.05, 4.69) is 0 Å². The third-order valence-electron chi connectivity index (χ3n) is 2.13. The fraction of sp³-hybridized carbons (Fsp3) is 0.200. The Kier molecular flexibility index (Phi) is 4.44. The van der Waals surface area contributed by atoms with E-state index < -0.39 is 21.8 Å². The summed E-state index contributed by atoms with van der Waals surface area (Å²) >= 11 is 5.65. The number of nitrogens with two attached hydrogens (primary N) is 1. The van der Waals surface area contributed by atoms with Gasteiger partial charge in [-0.2, -0.15) is 0 Å². The normalized spacial score (nSPS) is 11.2. The first-order valence-electron chi connectivity index (χ1n) is 4.79. The molecule has 0 aliphatic carbocycles. The molecule has 1 aromatic carbocycles. The number of aliphatic carboxylic acids is 1. The highest BCUT2D eigenvalue weighted by Crippen LogP contribution is 2.22. The highest BCUT2D eigenvalue weighted by Gasteiger charge is 2.16. The van der Waals surface area contributed by atoms with E-state index >= 15 is 0 Å². The summed E-state index contributed by atoms with van der Waals surface area (Å²) in [5, 5.41) is 13.3. The number of carboxylic acid groups (broad SMARTS) is 1. The molecule has 1 rings (SSSR count). The molecule has 18 heavy (non-hydrogen) atoms. The first kappa shape index (κ1) is 14.6. The highest BCUT2D eigenvalue weighted by molar-refractivity contribution is 7.89. The maximum absolute atomic E-state index is 11.6. The Balaban J connectivity index is 3.06. The zero-order valence-electron chi connectivity index (χ0n) is 9.09. The van der Waals surface area contributed by atoms with Gasteiger partial charge in [-0.25, -0.2) is 13.6 Å². The van der Waals surface area contributed by atoms with Gasteiger partial charge in [0.2, 0.25) is 10.0 Å². The van der Waals surface area contributed by atoms with E-state index in [4.69, 9.17) is 21.8 Å². The Hall–Kier alpha value is -1.44. The van der Waals surface area contributed by atoms with Gasteiger partial charge in [0.1, 0.15) is 4.90 Å². The lowest BCUT2D eigenvalue weighted by Crippen LogP contribution is -2.14. The van der Waals surface area contributed by atoms with Crippen molar-refractivity contribution in [1.29, 1.82) is 0 Å². The van der Waals surface area contributed by atoms with E-state index in [1.165, 1.54) is 12.1 Å². The number of primary sulfonamides is 1. The van der Waals surface area contributed by atoms with Gasteiger partial charge in [-0.15, -0.1) is 0 Å². The number of carboxylic acids is 1. The molecule has 0 heterocycles. The Morgan fingerprint density at radius 2 is 1.89 bits per heavy atom. The van der Waals surface area contributed by atoms with Crippen LogP contribution in [-0.2, 0) is 14.8 Å². The van der Waals surface area contributed by atoms with Crippen LogP contribution < -0.4 is 5.14 Å². The van der Waals surface area contributed by atoms with E-state index in [9.17, 15) is 18.0 Å². The molecule has 0 aromatic heterocycles. The van der Waals surface area contributed by atoms with Gasteiger partial charge >= 0.3 is 5.97 Å². The number of benzene rings is 1. The van der Waals surface area contributed by atoms with Gasteiger partial charge < -0.3 is 5.11 Å². The molecule has 0 bridgehead atoms. The van der Waals surface area contributed by atoms with Crippen LogP contribution in [-0.4, -0.2) is 25.3 Å². The van der Waals surface area contributed by atoms with Crippen molar-refractivity contribution in [1.82, 2.24) is 0 Å². The quantitative estimate of drug-likeness (QED) is 0.786. The van der Waals surface area contributed by atoms with Gasteiger partial charge in [-0.1, -0.05) is 11.6 Å². The summed E-state index contributed by atoms with van der Waals surface area (Å²) in [5.74, 6) is -1.59. The molecule has 0 spiro atoms. The third kappa shape index (κ3) is 3.80. The largest absolute Gasteiger partial charge is 0.481 e. The molecule has 3 N–H and O–H groups in total. The van der Waals surface area contributed by atoms with Crippen LogP contribution in [0.1, 0.15) is 23.2 Å². The molecular formula is C10H10ClNO5S. The van der Waals surface area contributed by atoms with Gasteiger partial charge in [-0.05, 0) is 18.2 Å². The van der Waals surface area contributed by atoms with Crippen LogP contribution in [0, 0.1) is 0 Å². The number of hydrogen-bond donors (Lipinski definition) is 2. The summed E-state index contributed by atoms with van der Waals surface area (Å²) in [6.45, 7) is 0. The first-order valence-corrected chi connectivity index (χ1v) is 6.71. The predicted molar refractivity (Wildman–Crippen MR) is 64.0 cm³/mol. The zero-order valence-corrected chi connectivity index (χ0v) is 10.7. The lowest BCUT2D eigenvalue weighted by molar-refractivity contribution is -0.136. The topological polar surface area (TPSA) is 115 Å². The molecule has 0 aliphatic rings. The summed E-state index contributed by atoms with van der Waals surface area (Å²) < 4.78 is 22.4. The molecule has 8 heteroatoms. The van der Waals surface area contributed by atoms with Crippen molar-refractivity contribution < 1.29 is 23.1 Å². The van der Waals surface area contributed by atoms with E-state index in [0.29, 0.717) is 0 Å². The molecule has 98 valence electrons. The van der Waals surface area contributed by atoms with Crippen molar-refractivity contribution in [3.63, 3.8) is 0 Å². The Bertz CT molecular complexity index is 596. The maximum Gasteiger partial charge on any atom is 0.303 e. The minimum absolute atomic E-state index is 0.0599. The van der Waals surface area contributed by atoms with Crippen molar-refractivity contribution in [2.24, 2.45) is 5.14 Å². The third-order valence-corrected chi connectivity index (χ3v) is 3.52.